The van der Waals surface area contributed by atoms with Crippen molar-refractivity contribution in [3.63, 3.8) is 0 Å². The minimum absolute atomic E-state index is 0.0932. The Balaban J connectivity index is 1.65. The molecule has 1 saturated carbocycles. The van der Waals surface area contributed by atoms with Crippen LogP contribution < -0.4 is 5.69 Å². The summed E-state index contributed by atoms with van der Waals surface area (Å²) in [4.78, 5) is 12.0. The molecule has 0 radical (unpaired) electrons. The Morgan fingerprint density at radius 2 is 1.95 bits per heavy atom. The van der Waals surface area contributed by atoms with Crippen molar-refractivity contribution >= 4 is 0 Å². The normalized spacial score (nSPS) is 26.1. The van der Waals surface area contributed by atoms with E-state index in [-0.39, 0.29) is 17.4 Å². The zero-order valence-corrected chi connectivity index (χ0v) is 11.8. The summed E-state index contributed by atoms with van der Waals surface area (Å²) < 4.78 is 9.87. The van der Waals surface area contributed by atoms with Crippen molar-refractivity contribution < 1.29 is 4.74 Å². The van der Waals surface area contributed by atoms with E-state index >= 15 is 0 Å². The molecule has 1 atom stereocenters. The van der Waals surface area contributed by atoms with Crippen LogP contribution in [0.4, 0.5) is 0 Å². The van der Waals surface area contributed by atoms with Gasteiger partial charge in [-0.2, -0.15) is 0 Å². The minimum Gasteiger partial charge on any atom is -0.370 e. The van der Waals surface area contributed by atoms with Gasteiger partial charge in [0.2, 0.25) is 0 Å². The van der Waals surface area contributed by atoms with Gasteiger partial charge in [-0.3, -0.25) is 9.13 Å². The van der Waals surface area contributed by atoms with Gasteiger partial charge < -0.3 is 4.74 Å². The summed E-state index contributed by atoms with van der Waals surface area (Å²) in [6.45, 7) is 3.45. The first-order chi connectivity index (χ1) is 9.22. The van der Waals surface area contributed by atoms with E-state index in [2.05, 4.69) is 0 Å². The highest BCUT2D eigenvalue weighted by molar-refractivity contribution is 4.92. The molecule has 1 spiro atoms. The first-order valence-electron chi connectivity index (χ1n) is 7.66. The Labute approximate surface area is 114 Å². The quantitative estimate of drug-likeness (QED) is 0.841. The SMILES string of the molecule is CCn1ccn(CC2CCC3(CCCCC3)O2)c1=O. The number of hydrogen-bond acceptors (Lipinski definition) is 2. The number of rotatable bonds is 3. The average Bonchev–Trinajstić information content (AvgIpc) is 2.97. The molecule has 2 fully saturated rings. The standard InChI is InChI=1S/C15H24N2O2/c1-2-16-10-11-17(14(16)18)12-13-6-9-15(19-13)7-4-3-5-8-15/h10-11,13H,2-9,12H2,1H3. The van der Waals surface area contributed by atoms with Crippen molar-refractivity contribution in [3.05, 3.63) is 22.9 Å². The lowest BCUT2D eigenvalue weighted by Gasteiger charge is -2.33. The van der Waals surface area contributed by atoms with Crippen LogP contribution in [0, 0.1) is 0 Å². The molecule has 3 rings (SSSR count). The lowest BCUT2D eigenvalue weighted by atomic mass is 9.83. The molecule has 1 aliphatic carbocycles. The van der Waals surface area contributed by atoms with Gasteiger partial charge in [-0.15, -0.1) is 0 Å². The summed E-state index contributed by atoms with van der Waals surface area (Å²) >= 11 is 0. The van der Waals surface area contributed by atoms with Gasteiger partial charge in [0.15, 0.2) is 0 Å². The highest BCUT2D eigenvalue weighted by Crippen LogP contribution is 2.42. The molecule has 106 valence electrons. The van der Waals surface area contributed by atoms with Crippen LogP contribution in [0.15, 0.2) is 17.2 Å². The van der Waals surface area contributed by atoms with Crippen LogP contribution in [0.25, 0.3) is 0 Å². The molecule has 0 aromatic carbocycles. The summed E-state index contributed by atoms with van der Waals surface area (Å²) in [5, 5.41) is 0. The molecule has 1 aromatic heterocycles. The predicted octanol–water partition coefficient (Wildman–Crippen LogP) is 2.55. The molecule has 4 nitrogen and oxygen atoms in total. The zero-order chi connectivity index (χ0) is 13.3. The van der Waals surface area contributed by atoms with Gasteiger partial charge in [0.05, 0.1) is 18.2 Å². The Morgan fingerprint density at radius 3 is 2.63 bits per heavy atom. The highest BCUT2D eigenvalue weighted by atomic mass is 16.5. The lowest BCUT2D eigenvalue weighted by molar-refractivity contribution is -0.0682. The Bertz CT molecular complexity index is 483. The van der Waals surface area contributed by atoms with Gasteiger partial charge in [0, 0.05) is 18.9 Å². The predicted molar refractivity (Wildman–Crippen MR) is 74.3 cm³/mol. The first kappa shape index (κ1) is 13.0. The monoisotopic (exact) mass is 264 g/mol. The first-order valence-corrected chi connectivity index (χ1v) is 7.66. The van der Waals surface area contributed by atoms with Crippen LogP contribution >= 0.6 is 0 Å². The topological polar surface area (TPSA) is 36.2 Å². The van der Waals surface area contributed by atoms with E-state index in [0.717, 1.165) is 13.0 Å². The van der Waals surface area contributed by atoms with Crippen molar-refractivity contribution in [1.29, 1.82) is 0 Å². The highest BCUT2D eigenvalue weighted by Gasteiger charge is 2.40. The van der Waals surface area contributed by atoms with E-state index in [1.165, 1.54) is 38.5 Å². The van der Waals surface area contributed by atoms with Crippen LogP contribution in [0.1, 0.15) is 51.9 Å². The molecule has 2 heterocycles. The summed E-state index contributed by atoms with van der Waals surface area (Å²) in [7, 11) is 0. The number of hydrogen-bond donors (Lipinski definition) is 0. The minimum atomic E-state index is 0.0932. The molecule has 1 unspecified atom stereocenters. The second-order valence-corrected chi connectivity index (χ2v) is 6.04. The number of nitrogens with zero attached hydrogens (tertiary/aromatic N) is 2. The van der Waals surface area contributed by atoms with E-state index in [9.17, 15) is 4.79 Å². The van der Waals surface area contributed by atoms with Crippen LogP contribution in [-0.4, -0.2) is 20.8 Å². The summed E-state index contributed by atoms with van der Waals surface area (Å²) in [5.74, 6) is 0. The fourth-order valence-corrected chi connectivity index (χ4v) is 3.64. The lowest BCUT2D eigenvalue weighted by Crippen LogP contribution is -2.34. The maximum atomic E-state index is 12.0. The smallest absolute Gasteiger partial charge is 0.328 e. The molecule has 0 N–H and O–H groups in total. The van der Waals surface area contributed by atoms with Gasteiger partial charge >= 0.3 is 5.69 Å². The van der Waals surface area contributed by atoms with Gasteiger partial charge in [0.25, 0.3) is 0 Å². The van der Waals surface area contributed by atoms with Crippen LogP contribution in [0.3, 0.4) is 0 Å². The summed E-state index contributed by atoms with van der Waals surface area (Å²) in [6, 6.07) is 0. The fraction of sp³-hybridized carbons (Fsp3) is 0.800. The third-order valence-electron chi connectivity index (χ3n) is 4.76. The third kappa shape index (κ3) is 2.50. The summed E-state index contributed by atoms with van der Waals surface area (Å²) in [5.41, 5.74) is 0.246. The number of aryl methyl sites for hydroxylation is 1. The Hall–Kier alpha value is -1.03. The van der Waals surface area contributed by atoms with Gasteiger partial charge in [0.1, 0.15) is 0 Å². The molecule has 0 bridgehead atoms. The second kappa shape index (κ2) is 5.16. The van der Waals surface area contributed by atoms with Gasteiger partial charge in [-0.25, -0.2) is 4.79 Å². The summed E-state index contributed by atoms with van der Waals surface area (Å²) in [6.07, 6.45) is 12.7. The maximum Gasteiger partial charge on any atom is 0.328 e. The number of aromatic nitrogens is 2. The third-order valence-corrected chi connectivity index (χ3v) is 4.76. The molecule has 0 amide bonds. The van der Waals surface area contributed by atoms with E-state index in [4.69, 9.17) is 4.74 Å². The van der Waals surface area contributed by atoms with Crippen molar-refractivity contribution in [2.45, 2.75) is 76.7 Å². The fourth-order valence-electron chi connectivity index (χ4n) is 3.64. The zero-order valence-electron chi connectivity index (χ0n) is 11.8. The molecule has 1 aliphatic heterocycles. The Morgan fingerprint density at radius 1 is 1.21 bits per heavy atom. The molecule has 2 aliphatic rings. The van der Waals surface area contributed by atoms with E-state index < -0.39 is 0 Å². The Kier molecular flexibility index (Phi) is 3.52. The van der Waals surface area contributed by atoms with Crippen molar-refractivity contribution in [3.8, 4) is 0 Å². The molecule has 1 saturated heterocycles. The molecular formula is C15H24N2O2. The molecule has 19 heavy (non-hydrogen) atoms. The van der Waals surface area contributed by atoms with E-state index in [1.54, 1.807) is 9.13 Å². The van der Waals surface area contributed by atoms with Crippen LogP contribution in [-0.2, 0) is 17.8 Å². The molecule has 1 aromatic rings. The van der Waals surface area contributed by atoms with Gasteiger partial charge in [-0.05, 0) is 32.6 Å². The van der Waals surface area contributed by atoms with Crippen molar-refractivity contribution in [1.82, 2.24) is 9.13 Å². The van der Waals surface area contributed by atoms with Crippen LogP contribution in [0.2, 0.25) is 0 Å². The molecule has 4 heteroatoms. The molecular weight excluding hydrogens is 240 g/mol. The maximum absolute atomic E-state index is 12.0. The van der Waals surface area contributed by atoms with Crippen LogP contribution in [0.5, 0.6) is 0 Å². The number of ether oxygens (including phenoxy) is 1. The van der Waals surface area contributed by atoms with E-state index in [1.807, 2.05) is 19.3 Å². The van der Waals surface area contributed by atoms with E-state index in [0.29, 0.717) is 6.54 Å². The van der Waals surface area contributed by atoms with Gasteiger partial charge in [-0.1, -0.05) is 19.3 Å². The largest absolute Gasteiger partial charge is 0.370 e. The average molecular weight is 264 g/mol. The van der Waals surface area contributed by atoms with Crippen molar-refractivity contribution in [2.75, 3.05) is 0 Å². The number of imidazole rings is 1. The second-order valence-electron chi connectivity index (χ2n) is 6.04. The van der Waals surface area contributed by atoms with Crippen molar-refractivity contribution in [2.24, 2.45) is 0 Å².